The van der Waals surface area contributed by atoms with Gasteiger partial charge in [-0.15, -0.1) is 0 Å². The fourth-order valence-electron chi connectivity index (χ4n) is 3.34. The third-order valence-corrected chi connectivity index (χ3v) is 4.71. The van der Waals surface area contributed by atoms with E-state index in [-0.39, 0.29) is 11.2 Å². The van der Waals surface area contributed by atoms with Gasteiger partial charge in [0.05, 0.1) is 11.8 Å². The number of fused-ring (bicyclic) bond motifs is 1. The SMILES string of the molecule is Cc1cc2c(n1-c1cc(Br)ccc1F)CC(C)(C)CC2O. The minimum absolute atomic E-state index is 0.0114. The Labute approximate surface area is 132 Å². The number of halogens is 2. The summed E-state index contributed by atoms with van der Waals surface area (Å²) < 4.78 is 17.1. The van der Waals surface area contributed by atoms with Gasteiger partial charge in [0.15, 0.2) is 0 Å². The average molecular weight is 352 g/mol. The van der Waals surface area contributed by atoms with E-state index in [2.05, 4.69) is 29.8 Å². The Kier molecular flexibility index (Phi) is 3.49. The molecular formula is C17H19BrFNO. The molecule has 1 atom stereocenters. The molecule has 0 saturated carbocycles. The third kappa shape index (κ3) is 2.55. The third-order valence-electron chi connectivity index (χ3n) is 4.22. The minimum Gasteiger partial charge on any atom is -0.388 e. The molecule has 4 heteroatoms. The molecule has 21 heavy (non-hydrogen) atoms. The predicted molar refractivity (Wildman–Crippen MR) is 85.2 cm³/mol. The molecule has 0 saturated heterocycles. The number of nitrogens with zero attached hydrogens (tertiary/aromatic N) is 1. The monoisotopic (exact) mass is 351 g/mol. The highest BCUT2D eigenvalue weighted by molar-refractivity contribution is 9.10. The van der Waals surface area contributed by atoms with Gasteiger partial charge in [-0.25, -0.2) is 4.39 Å². The van der Waals surface area contributed by atoms with E-state index >= 15 is 0 Å². The lowest BCUT2D eigenvalue weighted by molar-refractivity contribution is 0.0986. The van der Waals surface area contributed by atoms with E-state index in [0.29, 0.717) is 5.69 Å². The molecule has 1 unspecified atom stereocenters. The topological polar surface area (TPSA) is 25.2 Å². The van der Waals surface area contributed by atoms with Crippen molar-refractivity contribution in [2.24, 2.45) is 5.41 Å². The highest BCUT2D eigenvalue weighted by Gasteiger charge is 2.34. The van der Waals surface area contributed by atoms with Crippen molar-refractivity contribution in [3.05, 3.63) is 51.5 Å². The van der Waals surface area contributed by atoms with E-state index in [0.717, 1.165) is 34.3 Å². The highest BCUT2D eigenvalue weighted by Crippen LogP contribution is 2.43. The first-order valence-electron chi connectivity index (χ1n) is 7.13. The fourth-order valence-corrected chi connectivity index (χ4v) is 3.68. The molecule has 0 fully saturated rings. The second-order valence-electron chi connectivity index (χ2n) is 6.68. The largest absolute Gasteiger partial charge is 0.388 e. The molecule has 1 aromatic carbocycles. The van der Waals surface area contributed by atoms with Crippen LogP contribution in [0.15, 0.2) is 28.7 Å². The van der Waals surface area contributed by atoms with Gasteiger partial charge >= 0.3 is 0 Å². The first-order valence-corrected chi connectivity index (χ1v) is 7.92. The average Bonchev–Trinajstić information content (AvgIpc) is 2.68. The number of benzene rings is 1. The Morgan fingerprint density at radius 3 is 2.76 bits per heavy atom. The number of hydrogen-bond donors (Lipinski definition) is 1. The molecule has 0 aliphatic heterocycles. The van der Waals surface area contributed by atoms with Crippen molar-refractivity contribution in [2.75, 3.05) is 0 Å². The first kappa shape index (κ1) is 14.8. The standard InChI is InChI=1S/C17H19BrFNO/c1-10-6-12-15(8-17(2,3)9-16(12)21)20(10)14-7-11(18)4-5-13(14)19/h4-7,16,21H,8-9H2,1-3H3. The molecule has 112 valence electrons. The summed E-state index contributed by atoms with van der Waals surface area (Å²) in [5, 5.41) is 10.4. The van der Waals surface area contributed by atoms with Crippen molar-refractivity contribution in [2.45, 2.75) is 39.7 Å². The van der Waals surface area contributed by atoms with Crippen LogP contribution in [0.4, 0.5) is 4.39 Å². The molecule has 0 spiro atoms. The van der Waals surface area contributed by atoms with Crippen LogP contribution in [0.2, 0.25) is 0 Å². The predicted octanol–water partition coefficient (Wildman–Crippen LogP) is 4.69. The zero-order valence-corrected chi connectivity index (χ0v) is 14.0. The summed E-state index contributed by atoms with van der Waals surface area (Å²) in [5.74, 6) is -0.252. The van der Waals surface area contributed by atoms with Crippen molar-refractivity contribution < 1.29 is 9.50 Å². The second-order valence-corrected chi connectivity index (χ2v) is 7.60. The van der Waals surface area contributed by atoms with Crippen LogP contribution in [-0.4, -0.2) is 9.67 Å². The number of rotatable bonds is 1. The van der Waals surface area contributed by atoms with Crippen LogP contribution >= 0.6 is 15.9 Å². The zero-order valence-electron chi connectivity index (χ0n) is 12.5. The van der Waals surface area contributed by atoms with Gasteiger partial charge in [0.1, 0.15) is 5.82 Å². The number of aliphatic hydroxyl groups excluding tert-OH is 1. The van der Waals surface area contributed by atoms with Crippen molar-refractivity contribution in [3.8, 4) is 5.69 Å². The van der Waals surface area contributed by atoms with Crippen molar-refractivity contribution in [3.63, 3.8) is 0 Å². The van der Waals surface area contributed by atoms with Gasteiger partial charge in [0.2, 0.25) is 0 Å². The summed E-state index contributed by atoms with van der Waals surface area (Å²) in [7, 11) is 0. The molecule has 1 aliphatic carbocycles. The fraction of sp³-hybridized carbons (Fsp3) is 0.412. The minimum atomic E-state index is -0.473. The summed E-state index contributed by atoms with van der Waals surface area (Å²) >= 11 is 3.41. The summed E-state index contributed by atoms with van der Waals surface area (Å²) in [6.45, 7) is 6.24. The van der Waals surface area contributed by atoms with Crippen LogP contribution in [0.1, 0.15) is 43.3 Å². The quantitative estimate of drug-likeness (QED) is 0.791. The molecular weight excluding hydrogens is 333 g/mol. The second kappa shape index (κ2) is 4.96. The maximum absolute atomic E-state index is 14.3. The van der Waals surface area contributed by atoms with E-state index in [4.69, 9.17) is 0 Å². The normalized spacial score (nSPS) is 20.4. The Bertz CT molecular complexity index is 705. The van der Waals surface area contributed by atoms with Crippen LogP contribution in [0.25, 0.3) is 5.69 Å². The van der Waals surface area contributed by atoms with Crippen LogP contribution in [0.3, 0.4) is 0 Å². The van der Waals surface area contributed by atoms with E-state index in [1.807, 2.05) is 17.6 Å². The number of aromatic nitrogens is 1. The van der Waals surface area contributed by atoms with Crippen LogP contribution < -0.4 is 0 Å². The molecule has 2 aromatic rings. The van der Waals surface area contributed by atoms with Crippen LogP contribution in [0.5, 0.6) is 0 Å². The van der Waals surface area contributed by atoms with E-state index < -0.39 is 6.10 Å². The van der Waals surface area contributed by atoms with Crippen molar-refractivity contribution >= 4 is 15.9 Å². The summed E-state index contributed by atoms with van der Waals surface area (Å²) in [5.41, 5.74) is 3.46. The summed E-state index contributed by atoms with van der Waals surface area (Å²) in [6, 6.07) is 6.94. The molecule has 1 aromatic heterocycles. The van der Waals surface area contributed by atoms with Gasteiger partial charge in [-0.3, -0.25) is 0 Å². The smallest absolute Gasteiger partial charge is 0.147 e. The Hall–Kier alpha value is -1.13. The summed E-state index contributed by atoms with van der Waals surface area (Å²) in [6.07, 6.45) is 1.10. The zero-order chi connectivity index (χ0) is 15.4. The van der Waals surface area contributed by atoms with Gasteiger partial charge in [0, 0.05) is 21.4 Å². The maximum Gasteiger partial charge on any atom is 0.147 e. The van der Waals surface area contributed by atoms with E-state index in [9.17, 15) is 9.50 Å². The van der Waals surface area contributed by atoms with Gasteiger partial charge in [-0.05, 0) is 49.4 Å². The van der Waals surface area contributed by atoms with Gasteiger partial charge in [-0.1, -0.05) is 29.8 Å². The van der Waals surface area contributed by atoms with E-state index in [1.165, 1.54) is 6.07 Å². The van der Waals surface area contributed by atoms with Gasteiger partial charge < -0.3 is 9.67 Å². The number of aryl methyl sites for hydroxylation is 1. The molecule has 1 N–H and O–H groups in total. The Morgan fingerprint density at radius 2 is 2.05 bits per heavy atom. The highest BCUT2D eigenvalue weighted by atomic mass is 79.9. The van der Waals surface area contributed by atoms with Crippen molar-refractivity contribution in [1.82, 2.24) is 4.57 Å². The molecule has 1 heterocycles. The van der Waals surface area contributed by atoms with Gasteiger partial charge in [0.25, 0.3) is 0 Å². The number of aliphatic hydroxyl groups is 1. The van der Waals surface area contributed by atoms with Gasteiger partial charge in [-0.2, -0.15) is 0 Å². The lowest BCUT2D eigenvalue weighted by Crippen LogP contribution is -2.26. The van der Waals surface area contributed by atoms with Crippen molar-refractivity contribution in [1.29, 1.82) is 0 Å². The lowest BCUT2D eigenvalue weighted by Gasteiger charge is -2.34. The van der Waals surface area contributed by atoms with Crippen LogP contribution in [0, 0.1) is 18.2 Å². The van der Waals surface area contributed by atoms with E-state index in [1.54, 1.807) is 12.1 Å². The number of hydrogen-bond acceptors (Lipinski definition) is 1. The Morgan fingerprint density at radius 1 is 1.33 bits per heavy atom. The first-order chi connectivity index (χ1) is 9.78. The molecule has 0 radical (unpaired) electrons. The molecule has 0 amide bonds. The Balaban J connectivity index is 2.23. The summed E-state index contributed by atoms with van der Waals surface area (Å²) in [4.78, 5) is 0. The molecule has 0 bridgehead atoms. The maximum atomic E-state index is 14.3. The lowest BCUT2D eigenvalue weighted by atomic mass is 9.75. The molecule has 1 aliphatic rings. The van der Waals surface area contributed by atoms with Crippen LogP contribution in [-0.2, 0) is 6.42 Å². The molecule has 3 rings (SSSR count). The molecule has 2 nitrogen and oxygen atoms in total.